The third-order valence-corrected chi connectivity index (χ3v) is 6.78. The number of hydrogen-bond acceptors (Lipinski definition) is 6. The number of aromatic nitrogens is 1. The largest absolute Gasteiger partial charge is 0.352 e. The van der Waals surface area contributed by atoms with Crippen LogP contribution in [0.15, 0.2) is 30.5 Å². The van der Waals surface area contributed by atoms with Crippen molar-refractivity contribution in [2.75, 3.05) is 31.1 Å². The van der Waals surface area contributed by atoms with Crippen LogP contribution in [-0.4, -0.2) is 64.7 Å². The molecule has 1 N–H and O–H groups in total. The number of halogens is 2. The number of nitrogens with zero attached hydrogens (tertiary/aromatic N) is 4. The lowest BCUT2D eigenvalue weighted by Crippen LogP contribution is -2.52. The number of piperazine rings is 1. The van der Waals surface area contributed by atoms with Gasteiger partial charge in [-0.25, -0.2) is 9.37 Å². The van der Waals surface area contributed by atoms with Crippen LogP contribution in [0.3, 0.4) is 0 Å². The van der Waals surface area contributed by atoms with Crippen LogP contribution in [0.25, 0.3) is 0 Å². The molecule has 0 spiro atoms. The molecule has 33 heavy (non-hydrogen) atoms. The highest BCUT2D eigenvalue weighted by atomic mass is 35.5. The zero-order valence-electron chi connectivity index (χ0n) is 17.9. The molecule has 2 fully saturated rings. The third kappa shape index (κ3) is 4.18. The van der Waals surface area contributed by atoms with E-state index in [0.717, 1.165) is 24.2 Å². The Bertz CT molecular complexity index is 1140. The molecule has 4 heterocycles. The minimum Gasteiger partial charge on any atom is -0.352 e. The summed E-state index contributed by atoms with van der Waals surface area (Å²) in [5, 5.41) is 2.39. The number of carbonyl (C=O) groups is 3. The first kappa shape index (κ1) is 21.8. The minimum atomic E-state index is -0.611. The molecule has 3 amide bonds. The molecule has 0 aliphatic carbocycles. The molecule has 2 aromatic rings. The van der Waals surface area contributed by atoms with Gasteiger partial charge in [0.05, 0.1) is 5.02 Å². The van der Waals surface area contributed by atoms with Gasteiger partial charge in [-0.2, -0.15) is 0 Å². The van der Waals surface area contributed by atoms with Crippen LogP contribution in [-0.2, 0) is 22.7 Å². The van der Waals surface area contributed by atoms with Crippen molar-refractivity contribution in [3.63, 3.8) is 0 Å². The highest BCUT2D eigenvalue weighted by Gasteiger charge is 2.39. The number of benzene rings is 1. The lowest BCUT2D eigenvalue weighted by Gasteiger charge is -2.35. The second-order valence-electron chi connectivity index (χ2n) is 8.59. The van der Waals surface area contributed by atoms with E-state index >= 15 is 0 Å². The van der Waals surface area contributed by atoms with Gasteiger partial charge in [-0.3, -0.25) is 24.6 Å². The van der Waals surface area contributed by atoms with Crippen molar-refractivity contribution in [2.24, 2.45) is 0 Å². The monoisotopic (exact) mass is 471 g/mol. The molecule has 0 radical (unpaired) electrons. The summed E-state index contributed by atoms with van der Waals surface area (Å²) < 4.78 is 14.3. The van der Waals surface area contributed by atoms with Crippen LogP contribution in [0.1, 0.15) is 34.3 Å². The van der Waals surface area contributed by atoms with Gasteiger partial charge in [0.25, 0.3) is 5.91 Å². The summed E-state index contributed by atoms with van der Waals surface area (Å²) in [6.45, 7) is 3.83. The maximum Gasteiger partial charge on any atom is 0.255 e. The second kappa shape index (κ2) is 8.72. The Morgan fingerprint density at radius 1 is 1.12 bits per heavy atom. The summed E-state index contributed by atoms with van der Waals surface area (Å²) in [4.78, 5) is 46.4. The summed E-state index contributed by atoms with van der Waals surface area (Å²) in [5.74, 6) is -1.08. The predicted octanol–water partition coefficient (Wildman–Crippen LogP) is 1.96. The van der Waals surface area contributed by atoms with Crippen molar-refractivity contribution < 1.29 is 18.8 Å². The van der Waals surface area contributed by atoms with E-state index in [4.69, 9.17) is 11.6 Å². The van der Waals surface area contributed by atoms with E-state index < -0.39 is 17.8 Å². The van der Waals surface area contributed by atoms with Gasteiger partial charge in [0.15, 0.2) is 11.6 Å². The fourth-order valence-corrected chi connectivity index (χ4v) is 4.87. The Hall–Kier alpha value is -3.04. The van der Waals surface area contributed by atoms with Crippen molar-refractivity contribution in [1.29, 1.82) is 0 Å². The Balaban J connectivity index is 1.22. The van der Waals surface area contributed by atoms with Gasteiger partial charge < -0.3 is 9.80 Å². The molecule has 1 unspecified atom stereocenters. The highest BCUT2D eigenvalue weighted by Crippen LogP contribution is 2.29. The van der Waals surface area contributed by atoms with Crippen LogP contribution in [0, 0.1) is 5.82 Å². The SMILES string of the molecule is O=C1CCC(N2Cc3cc(CN4CCN(c5nccc(Cl)c5F)CC4)ccc3C2=O)C(=O)N1. The topological polar surface area (TPSA) is 85.9 Å². The first-order valence-corrected chi connectivity index (χ1v) is 11.3. The predicted molar refractivity (Wildman–Crippen MR) is 119 cm³/mol. The number of anilines is 1. The number of hydrogen-bond donors (Lipinski definition) is 1. The van der Waals surface area contributed by atoms with Crippen molar-refractivity contribution in [3.8, 4) is 0 Å². The van der Waals surface area contributed by atoms with E-state index in [1.165, 1.54) is 12.3 Å². The van der Waals surface area contributed by atoms with Crippen molar-refractivity contribution >= 4 is 35.1 Å². The Morgan fingerprint density at radius 2 is 1.91 bits per heavy atom. The molecule has 2 saturated heterocycles. The quantitative estimate of drug-likeness (QED) is 0.686. The Kier molecular flexibility index (Phi) is 5.76. The Labute approximate surface area is 195 Å². The van der Waals surface area contributed by atoms with Gasteiger partial charge in [-0.15, -0.1) is 0 Å². The van der Waals surface area contributed by atoms with E-state index in [9.17, 15) is 18.8 Å². The average Bonchev–Trinajstić information content (AvgIpc) is 3.12. The normalized spacial score (nSPS) is 21.4. The maximum absolute atomic E-state index is 14.3. The number of piperidine rings is 1. The van der Waals surface area contributed by atoms with Gasteiger partial charge in [0.2, 0.25) is 11.8 Å². The standard InChI is InChI=1S/C23H23ClFN5O3/c24-17-5-6-26-21(20(17)25)29-9-7-28(8-10-29)12-14-1-2-16-15(11-14)13-30(23(16)33)18-3-4-19(31)27-22(18)32/h1-2,5-6,11,18H,3-4,7-10,12-13H2,(H,27,31,32). The van der Waals surface area contributed by atoms with Crippen LogP contribution < -0.4 is 10.2 Å². The molecular weight excluding hydrogens is 449 g/mol. The smallest absolute Gasteiger partial charge is 0.255 e. The number of fused-ring (bicyclic) bond motifs is 1. The van der Waals surface area contributed by atoms with E-state index in [0.29, 0.717) is 38.2 Å². The summed E-state index contributed by atoms with van der Waals surface area (Å²) >= 11 is 5.88. The first-order valence-electron chi connectivity index (χ1n) is 10.9. The molecule has 1 atom stereocenters. The molecule has 0 saturated carbocycles. The second-order valence-corrected chi connectivity index (χ2v) is 8.99. The molecule has 1 aromatic heterocycles. The van der Waals surface area contributed by atoms with Crippen LogP contribution in [0.5, 0.6) is 0 Å². The van der Waals surface area contributed by atoms with Gasteiger partial charge >= 0.3 is 0 Å². The van der Waals surface area contributed by atoms with Gasteiger partial charge in [-0.05, 0) is 29.7 Å². The number of rotatable bonds is 4. The number of carbonyl (C=O) groups excluding carboxylic acids is 3. The summed E-state index contributed by atoms with van der Waals surface area (Å²) in [5.41, 5.74) is 2.58. The first-order chi connectivity index (χ1) is 15.9. The van der Waals surface area contributed by atoms with Crippen LogP contribution in [0.4, 0.5) is 10.2 Å². The molecule has 5 rings (SSSR count). The fraction of sp³-hybridized carbons (Fsp3) is 0.391. The van der Waals surface area contributed by atoms with Crippen molar-refractivity contribution in [1.82, 2.24) is 20.1 Å². The maximum atomic E-state index is 14.3. The molecule has 3 aliphatic rings. The average molecular weight is 472 g/mol. The summed E-state index contributed by atoms with van der Waals surface area (Å²) in [7, 11) is 0. The molecular formula is C23H23ClFN5O3. The number of amides is 3. The minimum absolute atomic E-state index is 0.0708. The molecule has 0 bridgehead atoms. The number of imide groups is 1. The Morgan fingerprint density at radius 3 is 2.67 bits per heavy atom. The molecule has 8 nitrogen and oxygen atoms in total. The third-order valence-electron chi connectivity index (χ3n) is 6.49. The van der Waals surface area contributed by atoms with Crippen LogP contribution in [0.2, 0.25) is 5.02 Å². The zero-order valence-corrected chi connectivity index (χ0v) is 18.6. The molecule has 10 heteroatoms. The van der Waals surface area contributed by atoms with Crippen molar-refractivity contribution in [3.05, 3.63) is 58.0 Å². The summed E-state index contributed by atoms with van der Waals surface area (Å²) in [6.07, 6.45) is 2.10. The van der Waals surface area contributed by atoms with E-state index in [1.807, 2.05) is 23.1 Å². The van der Waals surface area contributed by atoms with Crippen molar-refractivity contribution in [2.45, 2.75) is 32.0 Å². The molecule has 1 aromatic carbocycles. The van der Waals surface area contributed by atoms with Gasteiger partial charge in [-0.1, -0.05) is 23.7 Å². The lowest BCUT2D eigenvalue weighted by molar-refractivity contribution is -0.136. The number of nitrogens with one attached hydrogen (secondary N) is 1. The van der Waals surface area contributed by atoms with Gasteiger partial charge in [0.1, 0.15) is 6.04 Å². The van der Waals surface area contributed by atoms with Crippen LogP contribution >= 0.6 is 11.6 Å². The van der Waals surface area contributed by atoms with E-state index in [2.05, 4.69) is 15.2 Å². The molecule has 172 valence electrons. The zero-order chi connectivity index (χ0) is 23.1. The van der Waals surface area contributed by atoms with Gasteiger partial charge in [0, 0.05) is 57.4 Å². The van der Waals surface area contributed by atoms with E-state index in [1.54, 1.807) is 4.90 Å². The number of pyridine rings is 1. The summed E-state index contributed by atoms with van der Waals surface area (Å²) in [6, 6.07) is 6.61. The fourth-order valence-electron chi connectivity index (χ4n) is 4.73. The molecule has 3 aliphatic heterocycles. The lowest BCUT2D eigenvalue weighted by atomic mass is 10.0. The van der Waals surface area contributed by atoms with E-state index in [-0.39, 0.29) is 29.1 Å². The highest BCUT2D eigenvalue weighted by molar-refractivity contribution is 6.30.